The zero-order valence-corrected chi connectivity index (χ0v) is 13.8. The summed E-state index contributed by atoms with van der Waals surface area (Å²) in [6.45, 7) is -0.273. The summed E-state index contributed by atoms with van der Waals surface area (Å²) in [5.74, 6) is -0.596. The molecule has 3 aromatic rings. The number of aromatic nitrogens is 2. The number of amides is 1. The van der Waals surface area contributed by atoms with E-state index < -0.39 is 22.7 Å². The van der Waals surface area contributed by atoms with Gasteiger partial charge in [0.25, 0.3) is 0 Å². The van der Waals surface area contributed by atoms with Gasteiger partial charge in [0.15, 0.2) is 0 Å². The van der Waals surface area contributed by atoms with Gasteiger partial charge in [0, 0.05) is 11.1 Å². The lowest BCUT2D eigenvalue weighted by Crippen LogP contribution is -2.22. The lowest BCUT2D eigenvalue weighted by atomic mass is 10.2. The summed E-state index contributed by atoms with van der Waals surface area (Å²) in [7, 11) is 0. The molecule has 1 heterocycles. The molecule has 0 atom stereocenters. The largest absolute Gasteiger partial charge is 0.417 e. The van der Waals surface area contributed by atoms with E-state index in [0.29, 0.717) is 10.9 Å². The van der Waals surface area contributed by atoms with Crippen LogP contribution in [0, 0.1) is 0 Å². The molecule has 1 N–H and O–H groups in total. The number of hydrogen-bond acceptors (Lipinski definition) is 3. The first-order chi connectivity index (χ1) is 12.3. The van der Waals surface area contributed by atoms with Crippen LogP contribution in [0.3, 0.4) is 0 Å². The molecule has 0 unspecified atom stereocenters. The summed E-state index contributed by atoms with van der Waals surface area (Å²) in [6.07, 6.45) is -3.55. The van der Waals surface area contributed by atoms with Crippen molar-refractivity contribution in [2.75, 3.05) is 5.32 Å². The first-order valence-electron chi connectivity index (χ1n) is 7.37. The molecule has 1 amide bonds. The van der Waals surface area contributed by atoms with Crippen molar-refractivity contribution in [1.82, 2.24) is 9.78 Å². The Morgan fingerprint density at radius 1 is 1.19 bits per heavy atom. The molecule has 5 nitrogen and oxygen atoms in total. The Bertz CT molecular complexity index is 1050. The minimum atomic E-state index is -4.63. The average Bonchev–Trinajstić information content (AvgIpc) is 2.58. The molecule has 3 rings (SSSR count). The van der Waals surface area contributed by atoms with Gasteiger partial charge in [0.05, 0.1) is 22.3 Å². The highest BCUT2D eigenvalue weighted by molar-refractivity contribution is 6.31. The highest BCUT2D eigenvalue weighted by Gasteiger charge is 2.33. The molecule has 0 aliphatic rings. The first kappa shape index (κ1) is 17.9. The standard InChI is InChI=1S/C17H11ClF3N3O2/c18-13-6-5-10(7-12(13)17(19,20)21)23-16(26)9-24-14-4-2-1-3-11(14)15(25)8-22-24/h1-8H,9H2,(H,23,26). The predicted molar refractivity (Wildman–Crippen MR) is 91.1 cm³/mol. The van der Waals surface area contributed by atoms with Crippen LogP contribution in [-0.4, -0.2) is 15.7 Å². The van der Waals surface area contributed by atoms with Gasteiger partial charge >= 0.3 is 6.18 Å². The third kappa shape index (κ3) is 3.70. The van der Waals surface area contributed by atoms with E-state index in [-0.39, 0.29) is 17.7 Å². The van der Waals surface area contributed by atoms with Gasteiger partial charge < -0.3 is 5.32 Å². The van der Waals surface area contributed by atoms with E-state index in [9.17, 15) is 22.8 Å². The Hall–Kier alpha value is -2.87. The number of nitrogens with one attached hydrogen (secondary N) is 1. The minimum absolute atomic E-state index is 0.0444. The van der Waals surface area contributed by atoms with Gasteiger partial charge in [-0.25, -0.2) is 0 Å². The molecule has 0 fully saturated rings. The van der Waals surface area contributed by atoms with E-state index in [1.54, 1.807) is 24.3 Å². The highest BCUT2D eigenvalue weighted by Crippen LogP contribution is 2.36. The van der Waals surface area contributed by atoms with Crippen molar-refractivity contribution in [3.63, 3.8) is 0 Å². The van der Waals surface area contributed by atoms with Crippen LogP contribution in [0.4, 0.5) is 18.9 Å². The van der Waals surface area contributed by atoms with Crippen molar-refractivity contribution in [2.24, 2.45) is 0 Å². The maximum absolute atomic E-state index is 12.9. The molecular weight excluding hydrogens is 371 g/mol. The molecule has 2 aromatic carbocycles. The smallest absolute Gasteiger partial charge is 0.324 e. The van der Waals surface area contributed by atoms with Gasteiger partial charge in [-0.15, -0.1) is 0 Å². The molecular formula is C17H11ClF3N3O2. The Morgan fingerprint density at radius 2 is 1.92 bits per heavy atom. The monoisotopic (exact) mass is 381 g/mol. The van der Waals surface area contributed by atoms with E-state index in [2.05, 4.69) is 10.4 Å². The van der Waals surface area contributed by atoms with Gasteiger partial charge in [0.2, 0.25) is 11.3 Å². The third-order valence-electron chi connectivity index (χ3n) is 3.61. The molecule has 0 bridgehead atoms. The number of benzene rings is 2. The second-order valence-electron chi connectivity index (χ2n) is 5.42. The molecule has 0 saturated heterocycles. The maximum Gasteiger partial charge on any atom is 0.417 e. The Morgan fingerprint density at radius 3 is 2.65 bits per heavy atom. The molecule has 0 saturated carbocycles. The van der Waals surface area contributed by atoms with Crippen molar-refractivity contribution in [3.05, 3.63) is 69.5 Å². The van der Waals surface area contributed by atoms with Crippen LogP contribution in [0.25, 0.3) is 10.9 Å². The number of para-hydroxylation sites is 1. The van der Waals surface area contributed by atoms with E-state index in [0.717, 1.165) is 18.3 Å². The van der Waals surface area contributed by atoms with Crippen LogP contribution < -0.4 is 10.7 Å². The minimum Gasteiger partial charge on any atom is -0.324 e. The summed E-state index contributed by atoms with van der Waals surface area (Å²) in [5, 5.41) is 6.21. The number of alkyl halides is 3. The molecule has 0 aliphatic carbocycles. The number of carbonyl (C=O) groups excluding carboxylic acids is 1. The van der Waals surface area contributed by atoms with Gasteiger partial charge in [-0.3, -0.25) is 14.3 Å². The summed E-state index contributed by atoms with van der Waals surface area (Å²) >= 11 is 5.55. The van der Waals surface area contributed by atoms with Crippen molar-refractivity contribution >= 4 is 34.1 Å². The zero-order chi connectivity index (χ0) is 18.9. The molecule has 0 aliphatic heterocycles. The maximum atomic E-state index is 12.9. The normalized spacial score (nSPS) is 11.5. The number of halogens is 4. The lowest BCUT2D eigenvalue weighted by molar-refractivity contribution is -0.137. The Kier molecular flexibility index (Phi) is 4.69. The summed E-state index contributed by atoms with van der Waals surface area (Å²) < 4.78 is 40.0. The van der Waals surface area contributed by atoms with Gasteiger partial charge in [-0.2, -0.15) is 18.3 Å². The third-order valence-corrected chi connectivity index (χ3v) is 3.94. The predicted octanol–water partition coefficient (Wildman–Crippen LogP) is 3.71. The SMILES string of the molecule is O=C(Cn1ncc(=O)c2ccccc21)Nc1ccc(Cl)c(C(F)(F)F)c1. The second-order valence-corrected chi connectivity index (χ2v) is 5.83. The second kappa shape index (κ2) is 6.80. The fraction of sp³-hybridized carbons (Fsp3) is 0.118. The van der Waals surface area contributed by atoms with E-state index in [1.165, 1.54) is 10.7 Å². The Labute approximate surface area is 150 Å². The highest BCUT2D eigenvalue weighted by atomic mass is 35.5. The van der Waals surface area contributed by atoms with Crippen LogP contribution in [0.15, 0.2) is 53.5 Å². The van der Waals surface area contributed by atoms with Crippen molar-refractivity contribution < 1.29 is 18.0 Å². The number of carbonyl (C=O) groups is 1. The molecule has 0 spiro atoms. The van der Waals surface area contributed by atoms with E-state index in [1.807, 2.05) is 0 Å². The van der Waals surface area contributed by atoms with Crippen LogP contribution in [0.2, 0.25) is 5.02 Å². The molecule has 134 valence electrons. The fourth-order valence-electron chi connectivity index (χ4n) is 2.44. The topological polar surface area (TPSA) is 64.0 Å². The van der Waals surface area contributed by atoms with Crippen LogP contribution in [0.5, 0.6) is 0 Å². The van der Waals surface area contributed by atoms with Crippen molar-refractivity contribution in [3.8, 4) is 0 Å². The number of rotatable bonds is 3. The summed E-state index contributed by atoms with van der Waals surface area (Å²) in [6, 6.07) is 9.69. The van der Waals surface area contributed by atoms with Crippen LogP contribution in [-0.2, 0) is 17.5 Å². The van der Waals surface area contributed by atoms with Crippen LogP contribution >= 0.6 is 11.6 Å². The first-order valence-corrected chi connectivity index (χ1v) is 7.75. The van der Waals surface area contributed by atoms with Crippen molar-refractivity contribution in [1.29, 1.82) is 0 Å². The fourth-order valence-corrected chi connectivity index (χ4v) is 2.67. The van der Waals surface area contributed by atoms with Gasteiger partial charge in [-0.1, -0.05) is 23.7 Å². The number of hydrogen-bond donors (Lipinski definition) is 1. The quantitative estimate of drug-likeness (QED) is 0.752. The van der Waals surface area contributed by atoms with Gasteiger partial charge in [0.1, 0.15) is 6.54 Å². The Balaban J connectivity index is 1.85. The molecule has 9 heteroatoms. The molecule has 26 heavy (non-hydrogen) atoms. The number of anilines is 1. The average molecular weight is 382 g/mol. The van der Waals surface area contributed by atoms with Crippen molar-refractivity contribution in [2.45, 2.75) is 12.7 Å². The van der Waals surface area contributed by atoms with E-state index in [4.69, 9.17) is 11.6 Å². The lowest BCUT2D eigenvalue weighted by Gasteiger charge is -2.13. The van der Waals surface area contributed by atoms with Crippen LogP contribution in [0.1, 0.15) is 5.56 Å². The number of fused-ring (bicyclic) bond motifs is 1. The summed E-state index contributed by atoms with van der Waals surface area (Å²) in [4.78, 5) is 24.0. The zero-order valence-electron chi connectivity index (χ0n) is 13.0. The number of nitrogens with zero attached hydrogens (tertiary/aromatic N) is 2. The van der Waals surface area contributed by atoms with Gasteiger partial charge in [-0.05, 0) is 30.3 Å². The summed E-state index contributed by atoms with van der Waals surface area (Å²) in [5.41, 5.74) is -0.923. The van der Waals surface area contributed by atoms with E-state index >= 15 is 0 Å². The molecule has 1 aromatic heterocycles. The molecule has 0 radical (unpaired) electrons.